The number of rotatable bonds is 9. The van der Waals surface area contributed by atoms with E-state index in [2.05, 4.69) is 32.6 Å². The third kappa shape index (κ3) is 6.16. The van der Waals surface area contributed by atoms with Gasteiger partial charge in [0.25, 0.3) is 0 Å². The first-order chi connectivity index (χ1) is 7.17. The summed E-state index contributed by atoms with van der Waals surface area (Å²) in [4.78, 5) is 2.59. The summed E-state index contributed by atoms with van der Waals surface area (Å²) in [6, 6.07) is 0.572. The molecule has 15 heavy (non-hydrogen) atoms. The van der Waals surface area contributed by atoms with Crippen molar-refractivity contribution in [3.63, 3.8) is 0 Å². The minimum absolute atomic E-state index is 0.572. The van der Waals surface area contributed by atoms with E-state index < -0.39 is 0 Å². The highest BCUT2D eigenvalue weighted by molar-refractivity contribution is 4.75. The van der Waals surface area contributed by atoms with E-state index in [1.807, 2.05) is 0 Å². The predicted molar refractivity (Wildman–Crippen MR) is 69.1 cm³/mol. The Kier molecular flexibility index (Phi) is 9.12. The largest absolute Gasteiger partial charge is 0.329 e. The quantitative estimate of drug-likeness (QED) is 0.639. The van der Waals surface area contributed by atoms with Gasteiger partial charge in [-0.25, -0.2) is 0 Å². The maximum atomic E-state index is 5.88. The zero-order valence-corrected chi connectivity index (χ0v) is 11.1. The standard InChI is InChI=1S/C13H30N2/c1-5-7-9-15(10-8-6-2)13(11-14)12(3)4/h12-13H,5-11,14H2,1-4H3. The average molecular weight is 214 g/mol. The molecule has 0 aliphatic heterocycles. The van der Waals surface area contributed by atoms with Gasteiger partial charge in [-0.05, 0) is 31.8 Å². The van der Waals surface area contributed by atoms with Gasteiger partial charge in [-0.3, -0.25) is 4.90 Å². The van der Waals surface area contributed by atoms with Crippen LogP contribution in [0.3, 0.4) is 0 Å². The van der Waals surface area contributed by atoms with Crippen molar-refractivity contribution in [2.45, 2.75) is 59.4 Å². The molecule has 0 aliphatic carbocycles. The molecule has 0 saturated heterocycles. The maximum Gasteiger partial charge on any atom is 0.0241 e. The van der Waals surface area contributed by atoms with E-state index in [4.69, 9.17) is 5.73 Å². The lowest BCUT2D eigenvalue weighted by Gasteiger charge is -2.33. The molecule has 0 amide bonds. The second kappa shape index (κ2) is 9.17. The maximum absolute atomic E-state index is 5.88. The van der Waals surface area contributed by atoms with E-state index in [0.717, 1.165) is 6.54 Å². The van der Waals surface area contributed by atoms with Crippen LogP contribution in [-0.2, 0) is 0 Å². The highest BCUT2D eigenvalue weighted by Gasteiger charge is 2.19. The monoisotopic (exact) mass is 214 g/mol. The van der Waals surface area contributed by atoms with E-state index in [1.54, 1.807) is 0 Å². The van der Waals surface area contributed by atoms with E-state index in [9.17, 15) is 0 Å². The summed E-state index contributed by atoms with van der Waals surface area (Å²) in [5.74, 6) is 0.670. The Bertz CT molecular complexity index is 126. The van der Waals surface area contributed by atoms with Crippen molar-refractivity contribution in [1.29, 1.82) is 0 Å². The molecule has 0 heterocycles. The molecule has 0 aromatic heterocycles. The molecule has 0 rings (SSSR count). The smallest absolute Gasteiger partial charge is 0.0241 e. The van der Waals surface area contributed by atoms with Gasteiger partial charge in [-0.2, -0.15) is 0 Å². The molecule has 1 atom stereocenters. The molecule has 0 saturated carbocycles. The summed E-state index contributed by atoms with van der Waals surface area (Å²) in [6.45, 7) is 12.3. The zero-order chi connectivity index (χ0) is 11.7. The Morgan fingerprint density at radius 3 is 1.73 bits per heavy atom. The van der Waals surface area contributed by atoms with Crippen molar-refractivity contribution < 1.29 is 0 Å². The zero-order valence-electron chi connectivity index (χ0n) is 11.1. The molecule has 1 unspecified atom stereocenters. The van der Waals surface area contributed by atoms with Crippen molar-refractivity contribution in [2.24, 2.45) is 11.7 Å². The Labute approximate surface area is 96.2 Å². The summed E-state index contributed by atoms with van der Waals surface area (Å²) in [5, 5.41) is 0. The van der Waals surface area contributed by atoms with Crippen molar-refractivity contribution in [3.05, 3.63) is 0 Å². The molecule has 0 radical (unpaired) electrons. The summed E-state index contributed by atoms with van der Waals surface area (Å²) in [5.41, 5.74) is 5.88. The fraction of sp³-hybridized carbons (Fsp3) is 1.00. The predicted octanol–water partition coefficient (Wildman–Crippen LogP) is 2.87. The van der Waals surface area contributed by atoms with Gasteiger partial charge < -0.3 is 5.73 Å². The van der Waals surface area contributed by atoms with Gasteiger partial charge in [-0.15, -0.1) is 0 Å². The lowest BCUT2D eigenvalue weighted by atomic mass is 10.0. The lowest BCUT2D eigenvalue weighted by Crippen LogP contribution is -2.45. The van der Waals surface area contributed by atoms with Gasteiger partial charge in [0, 0.05) is 12.6 Å². The molecule has 0 bridgehead atoms. The highest BCUT2D eigenvalue weighted by atomic mass is 15.2. The molecule has 2 nitrogen and oxygen atoms in total. The molecule has 2 N–H and O–H groups in total. The van der Waals surface area contributed by atoms with Crippen molar-refractivity contribution >= 4 is 0 Å². The summed E-state index contributed by atoms with van der Waals surface area (Å²) < 4.78 is 0. The van der Waals surface area contributed by atoms with Crippen LogP contribution in [0.4, 0.5) is 0 Å². The van der Waals surface area contributed by atoms with E-state index in [1.165, 1.54) is 38.8 Å². The Balaban J connectivity index is 4.15. The van der Waals surface area contributed by atoms with Crippen LogP contribution in [0.25, 0.3) is 0 Å². The first kappa shape index (κ1) is 14.9. The van der Waals surface area contributed by atoms with Crippen LogP contribution in [0.15, 0.2) is 0 Å². The molecule has 92 valence electrons. The van der Waals surface area contributed by atoms with E-state index in [-0.39, 0.29) is 0 Å². The summed E-state index contributed by atoms with van der Waals surface area (Å²) in [6.07, 6.45) is 5.15. The van der Waals surface area contributed by atoms with Crippen LogP contribution in [0.2, 0.25) is 0 Å². The van der Waals surface area contributed by atoms with Crippen LogP contribution in [0.5, 0.6) is 0 Å². The third-order valence-corrected chi connectivity index (χ3v) is 3.08. The molecular formula is C13H30N2. The second-order valence-corrected chi connectivity index (χ2v) is 4.79. The van der Waals surface area contributed by atoms with Crippen LogP contribution in [-0.4, -0.2) is 30.6 Å². The molecule has 2 heteroatoms. The molecule has 0 fully saturated rings. The SMILES string of the molecule is CCCCN(CCCC)C(CN)C(C)C. The number of nitrogens with zero attached hydrogens (tertiary/aromatic N) is 1. The fourth-order valence-electron chi connectivity index (χ4n) is 2.01. The fourth-order valence-corrected chi connectivity index (χ4v) is 2.01. The molecule has 0 spiro atoms. The van der Waals surface area contributed by atoms with Crippen molar-refractivity contribution in [2.75, 3.05) is 19.6 Å². The van der Waals surface area contributed by atoms with Gasteiger partial charge in [0.15, 0.2) is 0 Å². The Morgan fingerprint density at radius 1 is 1.00 bits per heavy atom. The minimum atomic E-state index is 0.572. The second-order valence-electron chi connectivity index (χ2n) is 4.79. The van der Waals surface area contributed by atoms with Crippen LogP contribution in [0.1, 0.15) is 53.4 Å². The van der Waals surface area contributed by atoms with Gasteiger partial charge >= 0.3 is 0 Å². The van der Waals surface area contributed by atoms with E-state index >= 15 is 0 Å². The van der Waals surface area contributed by atoms with Crippen LogP contribution >= 0.6 is 0 Å². The van der Waals surface area contributed by atoms with Crippen LogP contribution in [0, 0.1) is 5.92 Å². The van der Waals surface area contributed by atoms with Crippen LogP contribution < -0.4 is 5.73 Å². The first-order valence-corrected chi connectivity index (χ1v) is 6.61. The van der Waals surface area contributed by atoms with Crippen molar-refractivity contribution in [1.82, 2.24) is 4.90 Å². The lowest BCUT2D eigenvalue weighted by molar-refractivity contribution is 0.155. The molecular weight excluding hydrogens is 184 g/mol. The normalized spacial score (nSPS) is 13.8. The van der Waals surface area contributed by atoms with E-state index in [0.29, 0.717) is 12.0 Å². The molecule has 0 aliphatic rings. The molecule has 0 aromatic carbocycles. The Hall–Kier alpha value is -0.0800. The minimum Gasteiger partial charge on any atom is -0.329 e. The highest BCUT2D eigenvalue weighted by Crippen LogP contribution is 2.12. The molecule has 0 aromatic rings. The number of nitrogens with two attached hydrogens (primary N) is 1. The average Bonchev–Trinajstić information content (AvgIpc) is 2.21. The Morgan fingerprint density at radius 2 is 1.47 bits per heavy atom. The number of hydrogen-bond donors (Lipinski definition) is 1. The van der Waals surface area contributed by atoms with Gasteiger partial charge in [0.2, 0.25) is 0 Å². The number of unbranched alkanes of at least 4 members (excludes halogenated alkanes) is 2. The van der Waals surface area contributed by atoms with Gasteiger partial charge in [0.05, 0.1) is 0 Å². The van der Waals surface area contributed by atoms with Crippen molar-refractivity contribution in [3.8, 4) is 0 Å². The summed E-state index contributed by atoms with van der Waals surface area (Å²) >= 11 is 0. The first-order valence-electron chi connectivity index (χ1n) is 6.61. The third-order valence-electron chi connectivity index (χ3n) is 3.08. The van der Waals surface area contributed by atoms with Gasteiger partial charge in [0.1, 0.15) is 0 Å². The number of hydrogen-bond acceptors (Lipinski definition) is 2. The van der Waals surface area contributed by atoms with Gasteiger partial charge in [-0.1, -0.05) is 40.5 Å². The topological polar surface area (TPSA) is 29.3 Å². The summed E-state index contributed by atoms with van der Waals surface area (Å²) in [7, 11) is 0.